The molecule has 0 spiro atoms. The molecule has 0 aliphatic heterocycles. The van der Waals surface area contributed by atoms with Gasteiger partial charge < -0.3 is 14.6 Å². The first-order chi connectivity index (χ1) is 14.0. The van der Waals surface area contributed by atoms with Crippen LogP contribution in [0.15, 0.2) is 73.9 Å². The average molecular weight is 414 g/mol. The molecule has 0 unspecified atom stereocenters. The Morgan fingerprint density at radius 1 is 0.800 bits per heavy atom. The van der Waals surface area contributed by atoms with Crippen LogP contribution in [-0.2, 0) is 23.9 Å². The minimum Gasteiger partial charge on any atom is -0.478 e. The number of hydrogen-bond donors (Lipinski definition) is 1. The van der Waals surface area contributed by atoms with Gasteiger partial charge in [-0.25, -0.2) is 14.4 Å². The first-order valence-electron chi connectivity index (χ1n) is 8.85. The van der Waals surface area contributed by atoms with Crippen molar-refractivity contribution in [3.63, 3.8) is 0 Å². The first kappa shape index (κ1) is 28.5. The maximum absolute atomic E-state index is 10.8. The molecular formula is C24H30O6. The number of carbonyl (C=O) groups excluding carboxylic acids is 2. The van der Waals surface area contributed by atoms with Crippen LogP contribution in [0.3, 0.4) is 0 Å². The highest BCUT2D eigenvalue weighted by Crippen LogP contribution is 2.10. The predicted octanol–water partition coefficient (Wildman–Crippen LogP) is 4.84. The lowest BCUT2D eigenvalue weighted by Crippen LogP contribution is -2.14. The maximum atomic E-state index is 10.8. The van der Waals surface area contributed by atoms with Crippen molar-refractivity contribution in [2.24, 2.45) is 0 Å². The molecular weight excluding hydrogens is 384 g/mol. The Kier molecular flexibility index (Phi) is 15.5. The molecule has 6 heteroatoms. The van der Waals surface area contributed by atoms with Crippen molar-refractivity contribution in [3.8, 4) is 0 Å². The molecule has 0 radical (unpaired) electrons. The molecule has 0 saturated heterocycles. The summed E-state index contributed by atoms with van der Waals surface area (Å²) >= 11 is 0. The molecule has 0 heterocycles. The maximum Gasteiger partial charge on any atom is 0.333 e. The highest BCUT2D eigenvalue weighted by atomic mass is 16.6. The molecule has 0 aliphatic rings. The fourth-order valence-electron chi connectivity index (χ4n) is 1.40. The van der Waals surface area contributed by atoms with E-state index in [2.05, 4.69) is 42.4 Å². The van der Waals surface area contributed by atoms with Crippen molar-refractivity contribution < 1.29 is 29.0 Å². The number of benzene rings is 1. The van der Waals surface area contributed by atoms with Crippen molar-refractivity contribution in [1.82, 2.24) is 0 Å². The number of hydrogen-bond acceptors (Lipinski definition) is 5. The van der Waals surface area contributed by atoms with E-state index in [1.54, 1.807) is 13.8 Å². The summed E-state index contributed by atoms with van der Waals surface area (Å²) in [7, 11) is 0. The summed E-state index contributed by atoms with van der Waals surface area (Å²) in [5.74, 6) is -1.91. The SMILES string of the molecule is C=C(C)C(=O)O.C=C(C)C(=O)OCCOC(=O)C(=C)C.C=Cc1ccccc1C=C. The van der Waals surface area contributed by atoms with E-state index >= 15 is 0 Å². The van der Waals surface area contributed by atoms with Crippen LogP contribution >= 0.6 is 0 Å². The van der Waals surface area contributed by atoms with Crippen molar-refractivity contribution in [2.45, 2.75) is 20.8 Å². The van der Waals surface area contributed by atoms with Gasteiger partial charge in [0, 0.05) is 16.7 Å². The fourth-order valence-corrected chi connectivity index (χ4v) is 1.40. The second-order valence-electron chi connectivity index (χ2n) is 5.96. The molecule has 0 saturated carbocycles. The third-order valence-electron chi connectivity index (χ3n) is 3.05. The summed E-state index contributed by atoms with van der Waals surface area (Å²) in [6.07, 6.45) is 3.66. The lowest BCUT2D eigenvalue weighted by Gasteiger charge is -2.05. The van der Waals surface area contributed by atoms with Gasteiger partial charge in [-0.15, -0.1) is 0 Å². The van der Waals surface area contributed by atoms with Crippen molar-refractivity contribution >= 4 is 30.1 Å². The normalized spacial score (nSPS) is 8.63. The van der Waals surface area contributed by atoms with Gasteiger partial charge in [0.05, 0.1) is 0 Å². The van der Waals surface area contributed by atoms with E-state index in [1.165, 1.54) is 6.92 Å². The zero-order valence-electron chi connectivity index (χ0n) is 17.9. The minimum atomic E-state index is -0.935. The molecule has 1 rings (SSSR count). The lowest BCUT2D eigenvalue weighted by atomic mass is 10.1. The Morgan fingerprint density at radius 3 is 1.30 bits per heavy atom. The lowest BCUT2D eigenvalue weighted by molar-refractivity contribution is -0.147. The number of carboxylic acids is 1. The molecule has 6 nitrogen and oxygen atoms in total. The van der Waals surface area contributed by atoms with Gasteiger partial charge in [-0.05, 0) is 31.9 Å². The minimum absolute atomic E-state index is 0.0325. The number of carbonyl (C=O) groups is 3. The van der Waals surface area contributed by atoms with Gasteiger partial charge in [0.1, 0.15) is 13.2 Å². The molecule has 0 atom stereocenters. The molecule has 0 aromatic heterocycles. The summed E-state index contributed by atoms with van der Waals surface area (Å²) in [6.45, 7) is 21.9. The first-order valence-corrected chi connectivity index (χ1v) is 8.85. The van der Waals surface area contributed by atoms with E-state index in [1.807, 2.05) is 36.4 Å². The van der Waals surface area contributed by atoms with E-state index in [-0.39, 0.29) is 18.8 Å². The van der Waals surface area contributed by atoms with Gasteiger partial charge in [-0.1, -0.05) is 69.3 Å². The number of ether oxygens (including phenoxy) is 2. The Morgan fingerprint density at radius 2 is 1.10 bits per heavy atom. The molecule has 30 heavy (non-hydrogen) atoms. The van der Waals surface area contributed by atoms with Crippen molar-refractivity contribution in [3.05, 3.63) is 85.0 Å². The van der Waals surface area contributed by atoms with Crippen LogP contribution in [0.4, 0.5) is 0 Å². The Hall–Kier alpha value is -3.67. The van der Waals surface area contributed by atoms with E-state index in [0.717, 1.165) is 11.1 Å². The smallest absolute Gasteiger partial charge is 0.333 e. The quantitative estimate of drug-likeness (QED) is 0.372. The number of rotatable bonds is 8. The number of carboxylic acid groups (broad SMARTS) is 1. The predicted molar refractivity (Wildman–Crippen MR) is 121 cm³/mol. The Bertz CT molecular complexity index is 735. The molecule has 1 N–H and O–H groups in total. The van der Waals surface area contributed by atoms with Crippen LogP contribution in [-0.4, -0.2) is 36.2 Å². The van der Waals surface area contributed by atoms with Crippen LogP contribution in [0.25, 0.3) is 12.2 Å². The van der Waals surface area contributed by atoms with E-state index in [0.29, 0.717) is 11.1 Å². The van der Waals surface area contributed by atoms with Gasteiger partial charge >= 0.3 is 17.9 Å². The monoisotopic (exact) mass is 414 g/mol. The molecule has 0 aliphatic carbocycles. The van der Waals surface area contributed by atoms with Gasteiger partial charge in [-0.3, -0.25) is 0 Å². The molecule has 0 bridgehead atoms. The van der Waals surface area contributed by atoms with E-state index in [4.69, 9.17) is 5.11 Å². The van der Waals surface area contributed by atoms with Crippen LogP contribution < -0.4 is 0 Å². The zero-order chi connectivity index (χ0) is 23.7. The summed E-state index contributed by atoms with van der Waals surface area (Å²) in [5.41, 5.74) is 3.08. The van der Waals surface area contributed by atoms with Crippen molar-refractivity contribution in [2.75, 3.05) is 13.2 Å². The van der Waals surface area contributed by atoms with Gasteiger partial charge in [0.15, 0.2) is 0 Å². The Balaban J connectivity index is 0. The highest BCUT2D eigenvalue weighted by molar-refractivity contribution is 5.87. The molecule has 162 valence electrons. The topological polar surface area (TPSA) is 89.9 Å². The molecule has 1 aromatic carbocycles. The molecule has 0 fully saturated rings. The van der Waals surface area contributed by atoms with E-state index in [9.17, 15) is 14.4 Å². The second-order valence-corrected chi connectivity index (χ2v) is 5.96. The number of aliphatic carboxylic acids is 1. The summed E-state index contributed by atoms with van der Waals surface area (Å²) in [4.78, 5) is 31.3. The van der Waals surface area contributed by atoms with Gasteiger partial charge in [0.25, 0.3) is 0 Å². The van der Waals surface area contributed by atoms with E-state index < -0.39 is 17.9 Å². The molecule has 0 amide bonds. The van der Waals surface area contributed by atoms with Crippen LogP contribution in [0.1, 0.15) is 31.9 Å². The Labute approximate surface area is 178 Å². The largest absolute Gasteiger partial charge is 0.478 e. The highest BCUT2D eigenvalue weighted by Gasteiger charge is 2.05. The molecule has 1 aromatic rings. The summed E-state index contributed by atoms with van der Waals surface area (Å²) in [6, 6.07) is 8.02. The van der Waals surface area contributed by atoms with Crippen molar-refractivity contribution in [1.29, 1.82) is 0 Å². The standard InChI is InChI=1S/C10H14O4.C10H10.C4H6O2/c1-7(2)9(11)13-5-6-14-10(12)8(3)4;1-3-9-7-5-6-8-10(9)4-2;1-3(2)4(5)6/h1,3,5-6H2,2,4H3;3-8H,1-2H2;1H2,2H3,(H,5,6). The third kappa shape index (κ3) is 14.4. The number of esters is 2. The van der Waals surface area contributed by atoms with Crippen LogP contribution in [0.2, 0.25) is 0 Å². The van der Waals surface area contributed by atoms with Crippen LogP contribution in [0.5, 0.6) is 0 Å². The third-order valence-corrected chi connectivity index (χ3v) is 3.05. The fraction of sp³-hybridized carbons (Fsp3) is 0.208. The van der Waals surface area contributed by atoms with Crippen LogP contribution in [0, 0.1) is 0 Å². The average Bonchev–Trinajstić information content (AvgIpc) is 2.71. The van der Waals surface area contributed by atoms with Gasteiger partial charge in [-0.2, -0.15) is 0 Å². The summed E-state index contributed by atoms with van der Waals surface area (Å²) < 4.78 is 9.38. The van der Waals surface area contributed by atoms with Gasteiger partial charge in [0.2, 0.25) is 0 Å². The summed E-state index contributed by atoms with van der Waals surface area (Å²) in [5, 5.41) is 7.89. The second kappa shape index (κ2) is 16.3. The zero-order valence-corrected chi connectivity index (χ0v) is 17.9.